The molecule has 11 heteroatoms. The standard InChI is InChI=1S/C24H28N6O4.ClH/c1-13-17(14(2)30(28-13)15-8-10-25-11-9-15)12-26-18-5-3-4-16-21(18)24(34)29(23(16)33)19-6-7-20(31)27-22(19)32;/h3-5,15,19,25-26H,6-12H2,1-2H3,(H,27,31,32);1H. The second-order valence-corrected chi connectivity index (χ2v) is 9.10. The molecule has 3 N–H and O–H groups in total. The van der Waals surface area contributed by atoms with E-state index < -0.39 is 29.7 Å². The molecule has 1 unspecified atom stereocenters. The molecule has 1 aromatic carbocycles. The van der Waals surface area contributed by atoms with Crippen LogP contribution >= 0.6 is 12.4 Å². The molecule has 2 saturated heterocycles. The molecule has 0 bridgehead atoms. The monoisotopic (exact) mass is 500 g/mol. The molecule has 3 aliphatic heterocycles. The fourth-order valence-corrected chi connectivity index (χ4v) is 5.21. The molecular formula is C24H29ClN6O4. The molecular weight excluding hydrogens is 472 g/mol. The lowest BCUT2D eigenvalue weighted by Crippen LogP contribution is -2.54. The zero-order valence-corrected chi connectivity index (χ0v) is 20.5. The number of aryl methyl sites for hydroxylation is 1. The number of rotatable bonds is 5. The molecule has 2 fully saturated rings. The Morgan fingerprint density at radius 3 is 2.51 bits per heavy atom. The van der Waals surface area contributed by atoms with Crippen LogP contribution in [0.2, 0.25) is 0 Å². The topological polar surface area (TPSA) is 125 Å². The largest absolute Gasteiger partial charge is 0.380 e. The summed E-state index contributed by atoms with van der Waals surface area (Å²) in [5.74, 6) is -2.03. The van der Waals surface area contributed by atoms with E-state index in [4.69, 9.17) is 5.10 Å². The van der Waals surface area contributed by atoms with Crippen LogP contribution in [0.15, 0.2) is 18.2 Å². The van der Waals surface area contributed by atoms with Crippen molar-refractivity contribution in [1.82, 2.24) is 25.3 Å². The van der Waals surface area contributed by atoms with Crippen LogP contribution in [0, 0.1) is 13.8 Å². The van der Waals surface area contributed by atoms with E-state index in [1.54, 1.807) is 18.2 Å². The van der Waals surface area contributed by atoms with Gasteiger partial charge in [0.05, 0.1) is 22.9 Å². The van der Waals surface area contributed by atoms with Crippen LogP contribution in [0.4, 0.5) is 5.69 Å². The number of halogens is 1. The van der Waals surface area contributed by atoms with Gasteiger partial charge in [0.1, 0.15) is 6.04 Å². The van der Waals surface area contributed by atoms with Crippen LogP contribution in [0.5, 0.6) is 0 Å². The third-order valence-electron chi connectivity index (χ3n) is 7.05. The van der Waals surface area contributed by atoms with Crippen molar-refractivity contribution in [2.24, 2.45) is 0 Å². The van der Waals surface area contributed by atoms with Crippen molar-refractivity contribution < 1.29 is 19.2 Å². The van der Waals surface area contributed by atoms with Crippen molar-refractivity contribution in [1.29, 1.82) is 0 Å². The van der Waals surface area contributed by atoms with Gasteiger partial charge in [-0.2, -0.15) is 5.10 Å². The molecule has 35 heavy (non-hydrogen) atoms. The number of amides is 4. The summed E-state index contributed by atoms with van der Waals surface area (Å²) in [4.78, 5) is 51.2. The first-order valence-electron chi connectivity index (χ1n) is 11.7. The van der Waals surface area contributed by atoms with E-state index in [0.717, 1.165) is 47.8 Å². The average Bonchev–Trinajstić information content (AvgIpc) is 3.26. The number of nitrogens with one attached hydrogen (secondary N) is 3. The molecule has 10 nitrogen and oxygen atoms in total. The second kappa shape index (κ2) is 9.79. The van der Waals surface area contributed by atoms with Gasteiger partial charge in [-0.15, -0.1) is 12.4 Å². The van der Waals surface area contributed by atoms with Gasteiger partial charge in [-0.1, -0.05) is 6.07 Å². The summed E-state index contributed by atoms with van der Waals surface area (Å²) in [6, 6.07) is 4.47. The Kier molecular flexibility index (Phi) is 6.95. The number of anilines is 1. The minimum Gasteiger partial charge on any atom is -0.380 e. The van der Waals surface area contributed by atoms with Gasteiger partial charge in [0.15, 0.2) is 0 Å². The summed E-state index contributed by atoms with van der Waals surface area (Å²) in [7, 11) is 0. The Balaban J connectivity index is 0.00000289. The van der Waals surface area contributed by atoms with Crippen LogP contribution in [-0.2, 0) is 16.1 Å². The minimum absolute atomic E-state index is 0. The van der Waals surface area contributed by atoms with Gasteiger partial charge in [0.2, 0.25) is 11.8 Å². The molecule has 2 aromatic rings. The van der Waals surface area contributed by atoms with Gasteiger partial charge in [-0.3, -0.25) is 34.1 Å². The van der Waals surface area contributed by atoms with E-state index >= 15 is 0 Å². The maximum Gasteiger partial charge on any atom is 0.264 e. The van der Waals surface area contributed by atoms with E-state index in [2.05, 4.69) is 27.6 Å². The molecule has 4 heterocycles. The van der Waals surface area contributed by atoms with Crippen LogP contribution in [-0.4, -0.2) is 57.4 Å². The molecule has 4 amide bonds. The minimum atomic E-state index is -0.981. The zero-order chi connectivity index (χ0) is 24.0. The van der Waals surface area contributed by atoms with E-state index in [9.17, 15) is 19.2 Å². The van der Waals surface area contributed by atoms with Gasteiger partial charge in [-0.25, -0.2) is 0 Å². The van der Waals surface area contributed by atoms with Gasteiger partial charge in [-0.05, 0) is 58.3 Å². The fraction of sp³-hybridized carbons (Fsp3) is 0.458. The number of imide groups is 2. The highest BCUT2D eigenvalue weighted by molar-refractivity contribution is 6.25. The molecule has 1 aromatic heterocycles. The van der Waals surface area contributed by atoms with Crippen molar-refractivity contribution >= 4 is 41.7 Å². The maximum absolute atomic E-state index is 13.3. The van der Waals surface area contributed by atoms with E-state index in [1.807, 2.05) is 6.92 Å². The van der Waals surface area contributed by atoms with Crippen molar-refractivity contribution in [2.45, 2.75) is 58.2 Å². The molecule has 186 valence electrons. The van der Waals surface area contributed by atoms with E-state index in [0.29, 0.717) is 18.3 Å². The number of piperidine rings is 2. The van der Waals surface area contributed by atoms with Gasteiger partial charge < -0.3 is 10.6 Å². The molecule has 0 aliphatic carbocycles. The highest BCUT2D eigenvalue weighted by Crippen LogP contribution is 2.33. The average molecular weight is 501 g/mol. The highest BCUT2D eigenvalue weighted by Gasteiger charge is 2.45. The highest BCUT2D eigenvalue weighted by atomic mass is 35.5. The first-order chi connectivity index (χ1) is 16.4. The van der Waals surface area contributed by atoms with E-state index in [-0.39, 0.29) is 36.4 Å². The predicted octanol–water partition coefficient (Wildman–Crippen LogP) is 1.86. The smallest absolute Gasteiger partial charge is 0.264 e. The Hall–Kier alpha value is -3.24. The molecule has 3 aliphatic rings. The van der Waals surface area contributed by atoms with Gasteiger partial charge >= 0.3 is 0 Å². The van der Waals surface area contributed by atoms with Crippen molar-refractivity contribution in [3.63, 3.8) is 0 Å². The van der Waals surface area contributed by atoms with Crippen LogP contribution in [0.25, 0.3) is 0 Å². The molecule has 5 rings (SSSR count). The third-order valence-corrected chi connectivity index (χ3v) is 7.05. The van der Waals surface area contributed by atoms with Gasteiger partial charge in [0, 0.05) is 29.9 Å². The number of hydrogen-bond acceptors (Lipinski definition) is 7. The Morgan fingerprint density at radius 1 is 1.06 bits per heavy atom. The van der Waals surface area contributed by atoms with Gasteiger partial charge in [0.25, 0.3) is 11.8 Å². The number of nitrogens with zero attached hydrogens (tertiary/aromatic N) is 3. The lowest BCUT2D eigenvalue weighted by atomic mass is 10.0. The molecule has 1 atom stereocenters. The first kappa shape index (κ1) is 24.9. The lowest BCUT2D eigenvalue weighted by Gasteiger charge is -2.27. The SMILES string of the molecule is Cc1nn(C2CCNCC2)c(C)c1CNc1cccc2c1C(=O)N(C1CCC(=O)NC1=O)C2=O.Cl. The Morgan fingerprint density at radius 2 is 1.80 bits per heavy atom. The second-order valence-electron chi connectivity index (χ2n) is 9.10. The van der Waals surface area contributed by atoms with Crippen molar-refractivity contribution in [2.75, 3.05) is 18.4 Å². The van der Waals surface area contributed by atoms with Crippen molar-refractivity contribution in [3.05, 3.63) is 46.3 Å². The van der Waals surface area contributed by atoms with E-state index in [1.165, 1.54) is 0 Å². The molecule has 0 spiro atoms. The maximum atomic E-state index is 13.3. The number of hydrogen-bond donors (Lipinski definition) is 3. The third kappa shape index (κ3) is 4.32. The summed E-state index contributed by atoms with van der Waals surface area (Å²) >= 11 is 0. The number of carbonyl (C=O) groups excluding carboxylic acids is 4. The van der Waals surface area contributed by atoms with Crippen LogP contribution < -0.4 is 16.0 Å². The first-order valence-corrected chi connectivity index (χ1v) is 11.7. The summed E-state index contributed by atoms with van der Waals surface area (Å²) in [6.07, 6.45) is 2.29. The lowest BCUT2D eigenvalue weighted by molar-refractivity contribution is -0.136. The molecule has 0 radical (unpaired) electrons. The molecule has 0 saturated carbocycles. The summed E-state index contributed by atoms with van der Waals surface area (Å²) in [6.45, 7) is 6.46. The fourth-order valence-electron chi connectivity index (χ4n) is 5.21. The Labute approximate surface area is 209 Å². The van der Waals surface area contributed by atoms with Crippen LogP contribution in [0.1, 0.15) is 69.4 Å². The zero-order valence-electron chi connectivity index (χ0n) is 19.7. The summed E-state index contributed by atoms with van der Waals surface area (Å²) < 4.78 is 2.11. The number of carbonyl (C=O) groups is 4. The van der Waals surface area contributed by atoms with Crippen LogP contribution in [0.3, 0.4) is 0 Å². The number of benzene rings is 1. The summed E-state index contributed by atoms with van der Waals surface area (Å²) in [5, 5.41) is 13.7. The summed E-state index contributed by atoms with van der Waals surface area (Å²) in [5.41, 5.74) is 4.16. The number of aromatic nitrogens is 2. The van der Waals surface area contributed by atoms with Crippen molar-refractivity contribution in [3.8, 4) is 0 Å². The number of fused-ring (bicyclic) bond motifs is 1. The quantitative estimate of drug-likeness (QED) is 0.535. The normalized spacial score (nSPS) is 20.5. The predicted molar refractivity (Wildman–Crippen MR) is 131 cm³/mol. The Bertz CT molecular complexity index is 1200.